The number of hydrogen-bond acceptors (Lipinski definition) is 2. The molecule has 2 rings (SSSR count). The van der Waals surface area contributed by atoms with E-state index in [2.05, 4.69) is 40.6 Å². The summed E-state index contributed by atoms with van der Waals surface area (Å²) >= 11 is 14.3. The quantitative estimate of drug-likeness (QED) is 0.537. The third kappa shape index (κ3) is 1.36. The van der Waals surface area contributed by atoms with E-state index < -0.39 is 0 Å². The highest BCUT2D eigenvalue weighted by Gasteiger charge is 2.07. The predicted octanol–water partition coefficient (Wildman–Crippen LogP) is 4.45. The normalized spacial score (nSPS) is 10.9. The van der Waals surface area contributed by atoms with Gasteiger partial charge in [0.15, 0.2) is 0 Å². The minimum Gasteiger partial charge on any atom is -0.143 e. The molecule has 4 heteroatoms. The summed E-state index contributed by atoms with van der Waals surface area (Å²) in [5, 5.41) is 4.01. The van der Waals surface area contributed by atoms with Gasteiger partial charge < -0.3 is 0 Å². The monoisotopic (exact) mass is 326 g/mol. The molecule has 0 atom stereocenters. The fourth-order valence-electron chi connectivity index (χ4n) is 1.05. The number of thiol groups is 1. The number of benzene rings is 1. The van der Waals surface area contributed by atoms with E-state index in [9.17, 15) is 0 Å². The van der Waals surface area contributed by atoms with Crippen molar-refractivity contribution in [1.29, 1.82) is 0 Å². The minimum atomic E-state index is 0.724. The first-order chi connectivity index (χ1) is 5.70. The van der Waals surface area contributed by atoms with Crippen molar-refractivity contribution in [1.82, 2.24) is 0 Å². The molecule has 2 aromatic rings. The molecule has 0 N–H and O–H groups in total. The van der Waals surface area contributed by atoms with E-state index >= 15 is 0 Å². The van der Waals surface area contributed by atoms with Gasteiger partial charge in [-0.2, -0.15) is 0 Å². The van der Waals surface area contributed by atoms with Gasteiger partial charge in [-0.25, -0.2) is 0 Å². The zero-order valence-corrected chi connectivity index (χ0v) is 10.5. The summed E-state index contributed by atoms with van der Waals surface area (Å²) in [4.78, 5) is 0.889. The maximum atomic E-state index is 5.94. The predicted molar refractivity (Wildman–Crippen MR) is 66.8 cm³/mol. The molecule has 1 aromatic heterocycles. The van der Waals surface area contributed by atoms with Gasteiger partial charge in [0.1, 0.15) is 0 Å². The van der Waals surface area contributed by atoms with Gasteiger partial charge in [0, 0.05) is 23.9 Å². The fourth-order valence-corrected chi connectivity index (χ4v) is 3.76. The van der Waals surface area contributed by atoms with Crippen LogP contribution in [-0.2, 0) is 0 Å². The van der Waals surface area contributed by atoms with Gasteiger partial charge >= 0.3 is 0 Å². The van der Waals surface area contributed by atoms with E-state index in [4.69, 9.17) is 11.6 Å². The molecule has 0 saturated heterocycles. The van der Waals surface area contributed by atoms with Gasteiger partial charge in [0.05, 0.1) is 5.02 Å². The average molecular weight is 327 g/mol. The third-order valence-electron chi connectivity index (χ3n) is 1.62. The number of fused-ring (bicyclic) bond motifs is 1. The van der Waals surface area contributed by atoms with E-state index in [-0.39, 0.29) is 0 Å². The second kappa shape index (κ2) is 3.36. The van der Waals surface area contributed by atoms with Crippen molar-refractivity contribution in [3.63, 3.8) is 0 Å². The van der Waals surface area contributed by atoms with Crippen molar-refractivity contribution in [2.75, 3.05) is 0 Å². The van der Waals surface area contributed by atoms with Crippen LogP contribution in [-0.4, -0.2) is 0 Å². The van der Waals surface area contributed by atoms with Crippen LogP contribution in [0.2, 0.25) is 5.02 Å². The van der Waals surface area contributed by atoms with Crippen LogP contribution in [0, 0.1) is 3.57 Å². The molecule has 1 heterocycles. The van der Waals surface area contributed by atoms with Gasteiger partial charge in [-0.15, -0.1) is 24.0 Å². The molecule has 0 bridgehead atoms. The molecule has 0 radical (unpaired) electrons. The maximum absolute atomic E-state index is 5.94. The van der Waals surface area contributed by atoms with Crippen molar-refractivity contribution in [3.05, 3.63) is 26.1 Å². The first kappa shape index (κ1) is 9.12. The van der Waals surface area contributed by atoms with Crippen LogP contribution < -0.4 is 0 Å². The molecule has 0 amide bonds. The number of rotatable bonds is 0. The average Bonchev–Trinajstić information content (AvgIpc) is 2.41. The van der Waals surface area contributed by atoms with Crippen LogP contribution >= 0.6 is 58.2 Å². The lowest BCUT2D eigenvalue weighted by Crippen LogP contribution is -1.73. The SMILES string of the molecule is Sc1c(Cl)ccc2scc(I)c12. The van der Waals surface area contributed by atoms with Crippen molar-refractivity contribution in [2.24, 2.45) is 0 Å². The summed E-state index contributed by atoms with van der Waals surface area (Å²) in [5.41, 5.74) is 0. The lowest BCUT2D eigenvalue weighted by Gasteiger charge is -1.98. The molecule has 0 fully saturated rings. The van der Waals surface area contributed by atoms with Gasteiger partial charge in [-0.3, -0.25) is 0 Å². The van der Waals surface area contributed by atoms with Crippen molar-refractivity contribution >= 4 is 68.2 Å². The summed E-state index contributed by atoms with van der Waals surface area (Å²) < 4.78 is 2.47. The number of halogens is 2. The lowest BCUT2D eigenvalue weighted by molar-refractivity contribution is 1.57. The zero-order chi connectivity index (χ0) is 8.72. The highest BCUT2D eigenvalue weighted by atomic mass is 127. The van der Waals surface area contributed by atoms with Crippen LogP contribution in [0.3, 0.4) is 0 Å². The zero-order valence-electron chi connectivity index (χ0n) is 5.84. The first-order valence-electron chi connectivity index (χ1n) is 3.24. The van der Waals surface area contributed by atoms with Crippen LogP contribution in [0.1, 0.15) is 0 Å². The molecule has 0 nitrogen and oxygen atoms in total. The molecule has 62 valence electrons. The van der Waals surface area contributed by atoms with E-state index in [1.807, 2.05) is 12.1 Å². The number of thiophene rings is 1. The second-order valence-electron chi connectivity index (χ2n) is 2.35. The summed E-state index contributed by atoms with van der Waals surface area (Å²) in [5.74, 6) is 0. The molecule has 0 unspecified atom stereocenters. The maximum Gasteiger partial charge on any atom is 0.0546 e. The van der Waals surface area contributed by atoms with Gasteiger partial charge in [-0.1, -0.05) is 11.6 Å². The Labute approximate surface area is 98.5 Å². The second-order valence-corrected chi connectivity index (χ2v) is 5.28. The van der Waals surface area contributed by atoms with Gasteiger partial charge in [-0.05, 0) is 34.7 Å². The Morgan fingerprint density at radius 3 is 2.92 bits per heavy atom. The Balaban J connectivity index is 2.96. The number of hydrogen-bond donors (Lipinski definition) is 1. The van der Waals surface area contributed by atoms with Gasteiger partial charge in [0.25, 0.3) is 0 Å². The van der Waals surface area contributed by atoms with Crippen LogP contribution in [0.4, 0.5) is 0 Å². The van der Waals surface area contributed by atoms with E-state index in [0.29, 0.717) is 0 Å². The molecule has 1 aromatic carbocycles. The molecule has 12 heavy (non-hydrogen) atoms. The molecule has 0 aliphatic heterocycles. The molecular weight excluding hydrogens is 323 g/mol. The van der Waals surface area contributed by atoms with Gasteiger partial charge in [0.2, 0.25) is 0 Å². The molecule has 0 spiro atoms. The smallest absolute Gasteiger partial charge is 0.0546 e. The highest BCUT2D eigenvalue weighted by Crippen LogP contribution is 2.35. The topological polar surface area (TPSA) is 0 Å². The van der Waals surface area contributed by atoms with E-state index in [0.717, 1.165) is 9.92 Å². The molecule has 0 saturated carbocycles. The first-order valence-corrected chi connectivity index (χ1v) is 6.02. The Kier molecular flexibility index (Phi) is 2.56. The van der Waals surface area contributed by atoms with Crippen molar-refractivity contribution in [2.45, 2.75) is 4.90 Å². The van der Waals surface area contributed by atoms with Crippen LogP contribution in [0.5, 0.6) is 0 Å². The summed E-state index contributed by atoms with van der Waals surface area (Å²) in [7, 11) is 0. The van der Waals surface area contributed by atoms with Crippen LogP contribution in [0.25, 0.3) is 10.1 Å². The Morgan fingerprint density at radius 2 is 2.17 bits per heavy atom. The van der Waals surface area contributed by atoms with E-state index in [1.165, 1.54) is 13.7 Å². The van der Waals surface area contributed by atoms with Crippen LogP contribution in [0.15, 0.2) is 22.4 Å². The Morgan fingerprint density at radius 1 is 1.42 bits per heavy atom. The highest BCUT2D eigenvalue weighted by molar-refractivity contribution is 14.1. The van der Waals surface area contributed by atoms with Crippen molar-refractivity contribution < 1.29 is 0 Å². The molecular formula is C8H4ClIS2. The summed E-state index contributed by atoms with van der Waals surface area (Å²) in [6.45, 7) is 0. The summed E-state index contributed by atoms with van der Waals surface area (Å²) in [6.07, 6.45) is 0. The lowest BCUT2D eigenvalue weighted by atomic mass is 10.3. The summed E-state index contributed by atoms with van der Waals surface area (Å²) in [6, 6.07) is 3.92. The molecule has 0 aliphatic carbocycles. The van der Waals surface area contributed by atoms with Crippen molar-refractivity contribution in [3.8, 4) is 0 Å². The largest absolute Gasteiger partial charge is 0.143 e. The third-order valence-corrected chi connectivity index (χ3v) is 4.75. The fraction of sp³-hybridized carbons (Fsp3) is 0. The van der Waals surface area contributed by atoms with E-state index in [1.54, 1.807) is 11.3 Å². The Bertz CT molecular complexity index is 436. The minimum absolute atomic E-state index is 0.724. The molecule has 0 aliphatic rings. The standard InChI is InChI=1S/C8H4ClIS2/c9-4-1-2-6-7(8(4)11)5(10)3-12-6/h1-3,11H. The Hall–Kier alpha value is 0.550.